The van der Waals surface area contributed by atoms with E-state index >= 15 is 0 Å². The second-order valence-electron chi connectivity index (χ2n) is 5.20. The van der Waals surface area contributed by atoms with Crippen molar-refractivity contribution in [2.45, 2.75) is 26.3 Å². The molecule has 7 heteroatoms. The van der Waals surface area contributed by atoms with Crippen LogP contribution in [-0.4, -0.2) is 27.8 Å². The first-order valence-corrected chi connectivity index (χ1v) is 8.56. The fourth-order valence-corrected chi connectivity index (χ4v) is 2.83. The summed E-state index contributed by atoms with van der Waals surface area (Å²) < 4.78 is 1.51. The molecule has 2 rings (SSSR count). The lowest BCUT2D eigenvalue weighted by atomic mass is 10.2. The molecule has 2 heterocycles. The summed E-state index contributed by atoms with van der Waals surface area (Å²) in [6.07, 6.45) is 1.57. The van der Waals surface area contributed by atoms with Crippen LogP contribution in [0.15, 0.2) is 28.5 Å². The minimum Gasteiger partial charge on any atom is -0.351 e. The molecule has 0 aliphatic rings. The summed E-state index contributed by atoms with van der Waals surface area (Å²) in [6, 6.07) is 2.94. The van der Waals surface area contributed by atoms with Crippen LogP contribution in [0.2, 0.25) is 0 Å². The van der Waals surface area contributed by atoms with E-state index in [1.165, 1.54) is 16.7 Å². The van der Waals surface area contributed by atoms with E-state index in [1.807, 2.05) is 5.38 Å². The predicted molar refractivity (Wildman–Crippen MR) is 92.2 cm³/mol. The zero-order valence-corrected chi connectivity index (χ0v) is 14.3. The molecule has 0 unspecified atom stereocenters. The molecule has 0 spiro atoms. The van der Waals surface area contributed by atoms with E-state index in [4.69, 9.17) is 0 Å². The molecule has 1 amide bonds. The quantitative estimate of drug-likeness (QED) is 0.794. The van der Waals surface area contributed by atoms with E-state index in [-0.39, 0.29) is 11.5 Å². The maximum absolute atomic E-state index is 11.9. The van der Waals surface area contributed by atoms with Crippen LogP contribution in [0.5, 0.6) is 0 Å². The topological polar surface area (TPSA) is 64.0 Å². The number of nitrogens with one attached hydrogen (secondary N) is 1. The van der Waals surface area contributed by atoms with Crippen LogP contribution in [0.25, 0.3) is 0 Å². The van der Waals surface area contributed by atoms with Crippen molar-refractivity contribution in [1.82, 2.24) is 14.9 Å². The molecule has 118 valence electrons. The molecule has 1 N–H and O–H groups in total. The van der Waals surface area contributed by atoms with Crippen LogP contribution in [0.3, 0.4) is 0 Å². The molecule has 0 bridgehead atoms. The summed E-state index contributed by atoms with van der Waals surface area (Å²) in [6.45, 7) is 5.03. The summed E-state index contributed by atoms with van der Waals surface area (Å²) in [4.78, 5) is 28.4. The minimum absolute atomic E-state index is 0.148. The molecule has 0 saturated carbocycles. The van der Waals surface area contributed by atoms with Gasteiger partial charge in [0.15, 0.2) is 0 Å². The molecule has 22 heavy (non-hydrogen) atoms. The molecule has 0 fully saturated rings. The lowest BCUT2D eigenvalue weighted by Gasteiger charge is -2.07. The molecule has 2 aromatic rings. The number of rotatable bonds is 6. The van der Waals surface area contributed by atoms with Crippen LogP contribution >= 0.6 is 24.0 Å². The average Bonchev–Trinajstić information content (AvgIpc) is 2.96. The number of carbonyl (C=O) groups is 1. The lowest BCUT2D eigenvalue weighted by molar-refractivity contribution is 0.0955. The maximum Gasteiger partial charge on any atom is 0.252 e. The molecule has 2 aromatic heterocycles. The monoisotopic (exact) mass is 337 g/mol. The third-order valence-electron chi connectivity index (χ3n) is 3.04. The third kappa shape index (κ3) is 4.20. The summed E-state index contributed by atoms with van der Waals surface area (Å²) in [5, 5.41) is 5.73. The second kappa shape index (κ2) is 7.60. The van der Waals surface area contributed by atoms with Crippen LogP contribution in [0.1, 0.15) is 40.8 Å². The van der Waals surface area contributed by atoms with Crippen molar-refractivity contribution in [3.05, 3.63) is 50.3 Å². The highest BCUT2D eigenvalue weighted by Gasteiger charge is 2.10. The number of carbonyl (C=O) groups excluding carboxylic acids is 1. The van der Waals surface area contributed by atoms with Gasteiger partial charge >= 0.3 is 0 Å². The van der Waals surface area contributed by atoms with Crippen LogP contribution < -0.4 is 10.9 Å². The smallest absolute Gasteiger partial charge is 0.252 e. The number of aromatic nitrogens is 2. The van der Waals surface area contributed by atoms with Gasteiger partial charge in [-0.1, -0.05) is 13.8 Å². The van der Waals surface area contributed by atoms with Gasteiger partial charge in [-0.15, -0.1) is 11.3 Å². The van der Waals surface area contributed by atoms with Gasteiger partial charge < -0.3 is 9.88 Å². The fourth-order valence-electron chi connectivity index (χ4n) is 1.90. The molecular formula is C15H19N3O2S2. The van der Waals surface area contributed by atoms with Gasteiger partial charge in [-0.3, -0.25) is 9.59 Å². The average molecular weight is 337 g/mol. The molecule has 0 aromatic carbocycles. The lowest BCUT2D eigenvalue weighted by Crippen LogP contribution is -2.28. The Labute approximate surface area is 138 Å². The Balaban J connectivity index is 2.19. The van der Waals surface area contributed by atoms with Crippen LogP contribution in [0, 0.1) is 0 Å². The number of thiazole rings is 1. The van der Waals surface area contributed by atoms with E-state index < -0.39 is 0 Å². The van der Waals surface area contributed by atoms with Crippen LogP contribution in [0.4, 0.5) is 0 Å². The van der Waals surface area contributed by atoms with E-state index in [0.29, 0.717) is 30.3 Å². The van der Waals surface area contributed by atoms with E-state index in [9.17, 15) is 9.59 Å². The molecular weight excluding hydrogens is 318 g/mol. The van der Waals surface area contributed by atoms with Crippen molar-refractivity contribution >= 4 is 29.9 Å². The van der Waals surface area contributed by atoms with Gasteiger partial charge in [-0.05, 0) is 6.07 Å². The summed E-state index contributed by atoms with van der Waals surface area (Å²) in [5.41, 5.74) is 1.15. The SMILES string of the molecule is CC(C)c1nc(Cn2cc(C(=O)NCCS)ccc2=O)cs1. The highest BCUT2D eigenvalue weighted by atomic mass is 32.1. The number of hydrogen-bond acceptors (Lipinski definition) is 5. The van der Waals surface area contributed by atoms with E-state index in [2.05, 4.69) is 36.8 Å². The Morgan fingerprint density at radius 1 is 1.45 bits per heavy atom. The Morgan fingerprint density at radius 2 is 2.23 bits per heavy atom. The number of nitrogens with zero attached hydrogens (tertiary/aromatic N) is 2. The normalized spacial score (nSPS) is 10.9. The fraction of sp³-hybridized carbons (Fsp3) is 0.400. The summed E-state index contributed by atoms with van der Waals surface area (Å²) in [7, 11) is 0. The first kappa shape index (κ1) is 16.8. The number of amides is 1. The zero-order valence-electron chi connectivity index (χ0n) is 12.6. The predicted octanol–water partition coefficient (Wildman–Crippen LogP) is 2.14. The summed E-state index contributed by atoms with van der Waals surface area (Å²) >= 11 is 5.64. The summed E-state index contributed by atoms with van der Waals surface area (Å²) in [5.74, 6) is 0.736. The van der Waals surface area contributed by atoms with E-state index in [0.717, 1.165) is 10.7 Å². The Morgan fingerprint density at radius 3 is 2.86 bits per heavy atom. The van der Waals surface area contributed by atoms with Crippen LogP contribution in [-0.2, 0) is 6.54 Å². The van der Waals surface area contributed by atoms with Crippen molar-refractivity contribution in [3.8, 4) is 0 Å². The number of hydrogen-bond donors (Lipinski definition) is 2. The standard InChI is InChI=1S/C15H19N3O2S2/c1-10(2)15-17-12(9-22-15)8-18-7-11(3-4-13(18)19)14(20)16-5-6-21/h3-4,7,9-10,21H,5-6,8H2,1-2H3,(H,16,20). The molecule has 0 radical (unpaired) electrons. The van der Waals surface area contributed by atoms with Crippen molar-refractivity contribution in [3.63, 3.8) is 0 Å². The molecule has 0 aliphatic carbocycles. The van der Waals surface area contributed by atoms with Gasteiger partial charge in [0.25, 0.3) is 11.5 Å². The third-order valence-corrected chi connectivity index (χ3v) is 4.46. The van der Waals surface area contributed by atoms with Gasteiger partial charge in [-0.2, -0.15) is 12.6 Å². The van der Waals surface area contributed by atoms with Gasteiger partial charge in [0, 0.05) is 35.9 Å². The second-order valence-corrected chi connectivity index (χ2v) is 6.53. The van der Waals surface area contributed by atoms with Crippen molar-refractivity contribution in [2.24, 2.45) is 0 Å². The minimum atomic E-state index is -0.205. The Bertz CT molecular complexity index is 707. The number of pyridine rings is 1. The highest BCUT2D eigenvalue weighted by Crippen LogP contribution is 2.19. The van der Waals surface area contributed by atoms with Gasteiger partial charge in [0.2, 0.25) is 0 Å². The maximum atomic E-state index is 11.9. The van der Waals surface area contributed by atoms with Gasteiger partial charge in [0.1, 0.15) is 0 Å². The van der Waals surface area contributed by atoms with Crippen molar-refractivity contribution in [1.29, 1.82) is 0 Å². The van der Waals surface area contributed by atoms with E-state index in [1.54, 1.807) is 17.5 Å². The first-order chi connectivity index (χ1) is 10.5. The molecule has 0 saturated heterocycles. The van der Waals surface area contributed by atoms with Crippen molar-refractivity contribution < 1.29 is 4.79 Å². The van der Waals surface area contributed by atoms with Gasteiger partial charge in [-0.25, -0.2) is 4.98 Å². The van der Waals surface area contributed by atoms with Gasteiger partial charge in [0.05, 0.1) is 22.8 Å². The Kier molecular flexibility index (Phi) is 5.79. The number of thiol groups is 1. The largest absolute Gasteiger partial charge is 0.351 e. The molecule has 5 nitrogen and oxygen atoms in total. The Hall–Kier alpha value is -1.60. The zero-order chi connectivity index (χ0) is 16.1. The first-order valence-electron chi connectivity index (χ1n) is 7.05. The van der Waals surface area contributed by atoms with Crippen molar-refractivity contribution in [2.75, 3.05) is 12.3 Å². The molecule has 0 atom stereocenters. The molecule has 0 aliphatic heterocycles. The highest BCUT2D eigenvalue weighted by molar-refractivity contribution is 7.80.